The van der Waals surface area contributed by atoms with Crippen molar-refractivity contribution >= 4 is 46.9 Å². The highest BCUT2D eigenvalue weighted by Gasteiger charge is 2.30. The monoisotopic (exact) mass is 773 g/mol. The van der Waals surface area contributed by atoms with Crippen molar-refractivity contribution in [2.24, 2.45) is 29.4 Å². The third-order valence-corrected chi connectivity index (χ3v) is 7.41. The number of ether oxygens (including phenoxy) is 2. The summed E-state index contributed by atoms with van der Waals surface area (Å²) in [6, 6.07) is -1.12. The Kier molecular flexibility index (Phi) is 30.6. The van der Waals surface area contributed by atoms with Gasteiger partial charge in [0.05, 0.1) is 23.9 Å². The molecule has 13 nitrogen and oxygen atoms in total. The molecule has 0 rings (SSSR count). The molecular weight excluding hydrogens is 696 g/mol. The van der Waals surface area contributed by atoms with Gasteiger partial charge in [0.2, 0.25) is 5.91 Å². The molecule has 0 saturated carbocycles. The van der Waals surface area contributed by atoms with Crippen LogP contribution in [-0.2, 0) is 47.8 Å². The number of Topliss-reactive ketones (excluding diaryl/α,β-unsaturated/α-hetero) is 4. The summed E-state index contributed by atoms with van der Waals surface area (Å²) in [5.41, 5.74) is 4.62. The zero-order valence-electron chi connectivity index (χ0n) is 35.1. The molecule has 54 heavy (non-hydrogen) atoms. The number of ketones is 4. The van der Waals surface area contributed by atoms with Crippen LogP contribution >= 0.6 is 0 Å². The molecule has 0 aliphatic carbocycles. The molecule has 0 aromatic carbocycles. The van der Waals surface area contributed by atoms with Crippen molar-refractivity contribution in [3.05, 3.63) is 0 Å². The Morgan fingerprint density at radius 1 is 0.593 bits per heavy atom. The molecule has 0 radical (unpaired) electrons. The molecule has 316 valence electrons. The first kappa shape index (κ1) is 57.2. The standard InChI is InChI=1S/C20H35NO5.C13H25NO3.C7H12O3.CH4/c1-13(2)18(21-17(24)11-9-8-10-15(4)22)16(23)12-14(3)19(25)26-20(5,6)7;1-8(2)11(14)10(15)7-9(3)12(16)17-13(4,5)6;1-6(8)4-2-3-5-7(9)10;/h13-14,18H,8-12H2,1-7H3,(H,21,24);8-9,11H,7,14H2,1-6H3;2-5H2,1H3,(H,9,10);1H4/t14-,18+;9-,11+;;/m11../s1. The largest absolute Gasteiger partial charge is 0.481 e. The van der Waals surface area contributed by atoms with Crippen molar-refractivity contribution in [1.29, 1.82) is 0 Å². The van der Waals surface area contributed by atoms with Gasteiger partial charge in [-0.05, 0) is 92.9 Å². The number of amides is 1. The third-order valence-electron chi connectivity index (χ3n) is 7.41. The second kappa shape index (κ2) is 28.9. The molecule has 0 aliphatic heterocycles. The van der Waals surface area contributed by atoms with E-state index >= 15 is 0 Å². The Balaban J connectivity index is -0.000000382. The minimum Gasteiger partial charge on any atom is -0.481 e. The van der Waals surface area contributed by atoms with Crippen LogP contribution < -0.4 is 11.1 Å². The number of esters is 2. The van der Waals surface area contributed by atoms with Crippen LogP contribution in [-0.4, -0.2) is 75.3 Å². The summed E-state index contributed by atoms with van der Waals surface area (Å²) in [4.78, 5) is 91.3. The first-order valence-corrected chi connectivity index (χ1v) is 18.8. The van der Waals surface area contributed by atoms with Crippen molar-refractivity contribution < 1.29 is 52.9 Å². The van der Waals surface area contributed by atoms with E-state index in [1.165, 1.54) is 13.8 Å². The van der Waals surface area contributed by atoms with Gasteiger partial charge in [0.1, 0.15) is 22.8 Å². The van der Waals surface area contributed by atoms with Crippen LogP contribution in [0.4, 0.5) is 0 Å². The van der Waals surface area contributed by atoms with Gasteiger partial charge in [0.15, 0.2) is 11.6 Å². The highest BCUT2D eigenvalue weighted by atomic mass is 16.6. The van der Waals surface area contributed by atoms with E-state index in [9.17, 15) is 38.4 Å². The van der Waals surface area contributed by atoms with E-state index in [2.05, 4.69) is 5.32 Å². The average Bonchev–Trinajstić information content (AvgIpc) is 2.98. The van der Waals surface area contributed by atoms with Gasteiger partial charge >= 0.3 is 17.9 Å². The quantitative estimate of drug-likeness (QED) is 0.0797. The van der Waals surface area contributed by atoms with Gasteiger partial charge in [0.25, 0.3) is 0 Å². The molecule has 0 aliphatic rings. The number of nitrogens with two attached hydrogens (primary N) is 1. The molecule has 4 atom stereocenters. The van der Waals surface area contributed by atoms with Crippen LogP contribution in [0.5, 0.6) is 0 Å². The zero-order chi connectivity index (χ0) is 42.3. The Morgan fingerprint density at radius 3 is 1.26 bits per heavy atom. The maximum Gasteiger partial charge on any atom is 0.309 e. The number of hydrogen-bond donors (Lipinski definition) is 3. The molecular formula is C41H76N2O11. The van der Waals surface area contributed by atoms with Crippen molar-refractivity contribution in [3.63, 3.8) is 0 Å². The lowest BCUT2D eigenvalue weighted by Crippen LogP contribution is -2.45. The number of carbonyl (C=O) groups is 8. The lowest BCUT2D eigenvalue weighted by Gasteiger charge is -2.25. The molecule has 0 saturated heterocycles. The summed E-state index contributed by atoms with van der Waals surface area (Å²) in [6.07, 6.45) is 4.18. The fraction of sp³-hybridized carbons (Fsp3) is 0.805. The molecule has 0 heterocycles. The van der Waals surface area contributed by atoms with E-state index < -0.39 is 47.1 Å². The van der Waals surface area contributed by atoms with E-state index in [1.807, 2.05) is 27.7 Å². The summed E-state index contributed by atoms with van der Waals surface area (Å²) in [7, 11) is 0. The zero-order valence-corrected chi connectivity index (χ0v) is 35.1. The summed E-state index contributed by atoms with van der Waals surface area (Å²) in [6.45, 7) is 24.6. The fourth-order valence-corrected chi connectivity index (χ4v) is 4.38. The molecule has 13 heteroatoms. The lowest BCUT2D eigenvalue weighted by molar-refractivity contribution is -0.161. The highest BCUT2D eigenvalue weighted by molar-refractivity contribution is 5.91. The minimum atomic E-state index is -0.788. The number of nitrogens with one attached hydrogen (secondary N) is 1. The first-order valence-electron chi connectivity index (χ1n) is 18.8. The number of unbranched alkanes of at least 4 members (excludes halogenated alkanes) is 2. The molecule has 0 spiro atoms. The maximum absolute atomic E-state index is 12.6. The van der Waals surface area contributed by atoms with Gasteiger partial charge in [-0.1, -0.05) is 49.0 Å². The van der Waals surface area contributed by atoms with E-state index in [1.54, 1.807) is 55.4 Å². The van der Waals surface area contributed by atoms with Crippen molar-refractivity contribution in [2.45, 2.75) is 192 Å². The Labute approximate surface area is 326 Å². The van der Waals surface area contributed by atoms with Gasteiger partial charge in [-0.3, -0.25) is 28.8 Å². The molecule has 0 aromatic rings. The van der Waals surface area contributed by atoms with Crippen molar-refractivity contribution in [2.75, 3.05) is 0 Å². The molecule has 0 unspecified atom stereocenters. The Hall–Kier alpha value is -3.48. The topological polar surface area (TPSA) is 213 Å². The smallest absolute Gasteiger partial charge is 0.309 e. The number of carboxylic acids is 1. The number of rotatable bonds is 21. The van der Waals surface area contributed by atoms with Gasteiger partial charge in [0, 0.05) is 38.5 Å². The fourth-order valence-electron chi connectivity index (χ4n) is 4.38. The molecule has 4 N–H and O–H groups in total. The molecule has 0 bridgehead atoms. The van der Waals surface area contributed by atoms with E-state index in [0.29, 0.717) is 38.5 Å². The predicted molar refractivity (Wildman–Crippen MR) is 212 cm³/mol. The highest BCUT2D eigenvalue weighted by Crippen LogP contribution is 2.17. The second-order valence-corrected chi connectivity index (χ2v) is 16.5. The summed E-state index contributed by atoms with van der Waals surface area (Å²) in [5, 5.41) is 11.0. The summed E-state index contributed by atoms with van der Waals surface area (Å²) in [5.74, 6) is -2.75. The van der Waals surface area contributed by atoms with Crippen LogP contribution in [0.1, 0.15) is 169 Å². The SMILES string of the molecule is C.CC(=O)CCCCC(=O)N[C@H](C(=O)C[C@@H](C)C(=O)OC(C)(C)C)C(C)C.CC(=O)CCCCC(=O)O.CC(C)[C@H](N)C(=O)C[C@@H](C)C(=O)OC(C)(C)C. The van der Waals surface area contributed by atoms with Crippen LogP contribution in [0.3, 0.4) is 0 Å². The lowest BCUT2D eigenvalue weighted by atomic mass is 9.93. The van der Waals surface area contributed by atoms with Crippen LogP contribution in [0.25, 0.3) is 0 Å². The van der Waals surface area contributed by atoms with Gasteiger partial charge < -0.3 is 35.2 Å². The van der Waals surface area contributed by atoms with Crippen LogP contribution in [0.2, 0.25) is 0 Å². The summed E-state index contributed by atoms with van der Waals surface area (Å²) >= 11 is 0. The van der Waals surface area contributed by atoms with Gasteiger partial charge in [-0.15, -0.1) is 0 Å². The Morgan fingerprint density at radius 2 is 0.944 bits per heavy atom. The number of carbonyl (C=O) groups excluding carboxylic acids is 7. The van der Waals surface area contributed by atoms with Crippen LogP contribution in [0.15, 0.2) is 0 Å². The molecule has 0 fully saturated rings. The van der Waals surface area contributed by atoms with Crippen LogP contribution in [0, 0.1) is 23.7 Å². The summed E-state index contributed by atoms with van der Waals surface area (Å²) < 4.78 is 10.5. The third kappa shape index (κ3) is 34.3. The van der Waals surface area contributed by atoms with Gasteiger partial charge in [-0.2, -0.15) is 0 Å². The van der Waals surface area contributed by atoms with Gasteiger partial charge in [-0.25, -0.2) is 0 Å². The molecule has 1 amide bonds. The molecule has 0 aromatic heterocycles. The van der Waals surface area contributed by atoms with E-state index in [0.717, 1.165) is 0 Å². The first-order chi connectivity index (χ1) is 24.0. The van der Waals surface area contributed by atoms with Crippen molar-refractivity contribution in [3.8, 4) is 0 Å². The minimum absolute atomic E-state index is 0. The van der Waals surface area contributed by atoms with E-state index in [-0.39, 0.29) is 80.0 Å². The predicted octanol–water partition coefficient (Wildman–Crippen LogP) is 6.98. The maximum atomic E-state index is 12.6. The normalized spacial score (nSPS) is 13.3. The van der Waals surface area contributed by atoms with Crippen molar-refractivity contribution in [1.82, 2.24) is 5.32 Å². The second-order valence-electron chi connectivity index (χ2n) is 16.5. The van der Waals surface area contributed by atoms with E-state index in [4.69, 9.17) is 20.3 Å². The average molecular weight is 773 g/mol. The number of aliphatic carboxylic acids is 1. The number of hydrogen-bond acceptors (Lipinski definition) is 11. The number of carboxylic acid groups (broad SMARTS) is 1. The Bertz CT molecular complexity index is 1160.